The highest BCUT2D eigenvalue weighted by Gasteiger charge is 2.24. The third-order valence-corrected chi connectivity index (χ3v) is 4.19. The number of hydrogen-bond acceptors (Lipinski definition) is 2. The van der Waals surface area contributed by atoms with Gasteiger partial charge in [0.05, 0.1) is 0 Å². The van der Waals surface area contributed by atoms with Crippen molar-refractivity contribution < 1.29 is 8.78 Å². The van der Waals surface area contributed by atoms with Crippen LogP contribution in [0.25, 0.3) is 0 Å². The lowest BCUT2D eigenvalue weighted by molar-refractivity contribution is 0.463. The van der Waals surface area contributed by atoms with E-state index in [-0.39, 0.29) is 17.8 Å². The average Bonchev–Trinajstić information content (AvgIpc) is 2.40. The number of rotatable bonds is 4. The molecule has 1 heterocycles. The summed E-state index contributed by atoms with van der Waals surface area (Å²) in [6, 6.07) is 3.02. The van der Waals surface area contributed by atoms with Crippen molar-refractivity contribution >= 4 is 5.69 Å². The van der Waals surface area contributed by atoms with Crippen LogP contribution >= 0.6 is 0 Å². The first-order valence-corrected chi connectivity index (χ1v) is 7.53. The highest BCUT2D eigenvalue weighted by molar-refractivity contribution is 5.52. The van der Waals surface area contributed by atoms with Gasteiger partial charge in [-0.3, -0.25) is 0 Å². The van der Waals surface area contributed by atoms with Crippen LogP contribution in [0.1, 0.15) is 45.1 Å². The number of halogens is 2. The molecular formula is C16H24F2N2. The first-order chi connectivity index (χ1) is 9.52. The normalized spacial score (nSPS) is 21.1. The average molecular weight is 282 g/mol. The molecule has 2 nitrogen and oxygen atoms in total. The van der Waals surface area contributed by atoms with Crippen LogP contribution in [0.3, 0.4) is 0 Å². The lowest BCUT2D eigenvalue weighted by Crippen LogP contribution is -2.38. The van der Waals surface area contributed by atoms with Crippen LogP contribution in [-0.2, 0) is 6.42 Å². The largest absolute Gasteiger partial charge is 0.364 e. The Hall–Kier alpha value is -1.16. The molecule has 1 aromatic rings. The molecule has 20 heavy (non-hydrogen) atoms. The van der Waals surface area contributed by atoms with E-state index in [9.17, 15) is 8.78 Å². The summed E-state index contributed by atoms with van der Waals surface area (Å²) in [6.07, 6.45) is 4.42. The van der Waals surface area contributed by atoms with Crippen LogP contribution in [-0.4, -0.2) is 18.6 Å². The molecule has 2 rings (SSSR count). The van der Waals surface area contributed by atoms with Crippen molar-refractivity contribution in [3.8, 4) is 0 Å². The van der Waals surface area contributed by atoms with Crippen molar-refractivity contribution in [3.05, 3.63) is 29.3 Å². The zero-order valence-electron chi connectivity index (χ0n) is 12.3. The van der Waals surface area contributed by atoms with Crippen LogP contribution in [0.2, 0.25) is 0 Å². The molecular weight excluding hydrogens is 258 g/mol. The summed E-state index contributed by atoms with van der Waals surface area (Å²) in [7, 11) is 0. The van der Waals surface area contributed by atoms with E-state index in [1.165, 1.54) is 12.1 Å². The second-order valence-electron chi connectivity index (χ2n) is 5.82. The van der Waals surface area contributed by atoms with Gasteiger partial charge in [0.1, 0.15) is 17.3 Å². The molecule has 2 N–H and O–H groups in total. The van der Waals surface area contributed by atoms with Gasteiger partial charge in [-0.2, -0.15) is 0 Å². The fourth-order valence-electron chi connectivity index (χ4n) is 2.89. The van der Waals surface area contributed by atoms with Crippen LogP contribution in [0.15, 0.2) is 12.1 Å². The van der Waals surface area contributed by atoms with Gasteiger partial charge in [0.2, 0.25) is 0 Å². The van der Waals surface area contributed by atoms with Gasteiger partial charge >= 0.3 is 0 Å². The Kier molecular flexibility index (Phi) is 4.97. The zero-order valence-corrected chi connectivity index (χ0v) is 12.3. The predicted molar refractivity (Wildman–Crippen MR) is 79.0 cm³/mol. The Morgan fingerprint density at radius 2 is 1.95 bits per heavy atom. The number of nitrogens with zero attached hydrogens (tertiary/aromatic N) is 1. The second-order valence-corrected chi connectivity index (χ2v) is 5.82. The molecule has 4 heteroatoms. The fourth-order valence-corrected chi connectivity index (χ4v) is 2.89. The molecule has 0 amide bonds. The van der Waals surface area contributed by atoms with Crippen molar-refractivity contribution in [2.45, 2.75) is 58.0 Å². The monoisotopic (exact) mass is 282 g/mol. The third kappa shape index (κ3) is 3.29. The third-order valence-electron chi connectivity index (χ3n) is 4.19. The van der Waals surface area contributed by atoms with Gasteiger partial charge in [0.15, 0.2) is 0 Å². The van der Waals surface area contributed by atoms with E-state index in [4.69, 9.17) is 5.73 Å². The first kappa shape index (κ1) is 15.2. The van der Waals surface area contributed by atoms with E-state index in [2.05, 4.69) is 0 Å². The van der Waals surface area contributed by atoms with E-state index in [0.29, 0.717) is 12.0 Å². The molecule has 1 aliphatic rings. The molecule has 1 saturated heterocycles. The van der Waals surface area contributed by atoms with Gasteiger partial charge < -0.3 is 10.6 Å². The van der Waals surface area contributed by atoms with E-state index in [0.717, 1.165) is 32.2 Å². The van der Waals surface area contributed by atoms with Gasteiger partial charge in [-0.25, -0.2) is 8.78 Å². The Labute approximate surface area is 120 Å². The molecule has 1 aromatic carbocycles. The summed E-state index contributed by atoms with van der Waals surface area (Å²) in [5, 5.41) is 0. The van der Waals surface area contributed by atoms with Crippen molar-refractivity contribution in [2.24, 2.45) is 5.73 Å². The van der Waals surface area contributed by atoms with Gasteiger partial charge in [0, 0.05) is 18.6 Å². The van der Waals surface area contributed by atoms with E-state index < -0.39 is 11.6 Å². The van der Waals surface area contributed by atoms with Gasteiger partial charge in [-0.1, -0.05) is 6.92 Å². The summed E-state index contributed by atoms with van der Waals surface area (Å²) in [6.45, 7) is 4.73. The fraction of sp³-hybridized carbons (Fsp3) is 0.625. The molecule has 2 atom stereocenters. The van der Waals surface area contributed by atoms with Crippen molar-refractivity contribution in [1.82, 2.24) is 0 Å². The molecule has 0 radical (unpaired) electrons. The Bertz CT molecular complexity index is 439. The van der Waals surface area contributed by atoms with Crippen molar-refractivity contribution in [1.29, 1.82) is 0 Å². The SMILES string of the molecule is CCC(N)Cc1cc(F)c(N2CCCCC2C)c(F)c1. The summed E-state index contributed by atoms with van der Waals surface area (Å²) >= 11 is 0. The van der Waals surface area contributed by atoms with Gasteiger partial charge in [-0.15, -0.1) is 0 Å². The maximum Gasteiger partial charge on any atom is 0.149 e. The number of benzene rings is 1. The van der Waals surface area contributed by atoms with Gasteiger partial charge in [-0.05, 0) is 56.7 Å². The number of hydrogen-bond donors (Lipinski definition) is 1. The minimum Gasteiger partial charge on any atom is -0.364 e. The summed E-state index contributed by atoms with van der Waals surface area (Å²) in [4.78, 5) is 1.86. The number of anilines is 1. The van der Waals surface area contributed by atoms with E-state index in [1.807, 2.05) is 18.7 Å². The summed E-state index contributed by atoms with van der Waals surface area (Å²) in [5.74, 6) is -0.922. The van der Waals surface area contributed by atoms with Crippen molar-refractivity contribution in [3.63, 3.8) is 0 Å². The Balaban J connectivity index is 2.26. The number of nitrogens with two attached hydrogens (primary N) is 1. The maximum atomic E-state index is 14.3. The molecule has 112 valence electrons. The maximum absolute atomic E-state index is 14.3. The molecule has 1 aliphatic heterocycles. The minimum absolute atomic E-state index is 0.0476. The molecule has 2 unspecified atom stereocenters. The molecule has 0 saturated carbocycles. The first-order valence-electron chi connectivity index (χ1n) is 7.53. The van der Waals surface area contributed by atoms with Gasteiger partial charge in [0.25, 0.3) is 0 Å². The van der Waals surface area contributed by atoms with E-state index in [1.54, 1.807) is 0 Å². The molecule has 0 bridgehead atoms. The van der Waals surface area contributed by atoms with Crippen LogP contribution in [0.5, 0.6) is 0 Å². The number of piperidine rings is 1. The quantitative estimate of drug-likeness (QED) is 0.914. The Morgan fingerprint density at radius 3 is 2.50 bits per heavy atom. The highest BCUT2D eigenvalue weighted by Crippen LogP contribution is 2.30. The lowest BCUT2D eigenvalue weighted by atomic mass is 10.00. The Morgan fingerprint density at radius 1 is 1.30 bits per heavy atom. The predicted octanol–water partition coefficient (Wildman–Crippen LogP) is 3.62. The highest BCUT2D eigenvalue weighted by atomic mass is 19.1. The smallest absolute Gasteiger partial charge is 0.149 e. The van der Waals surface area contributed by atoms with Crippen molar-refractivity contribution in [2.75, 3.05) is 11.4 Å². The summed E-state index contributed by atoms with van der Waals surface area (Å²) in [5.41, 5.74) is 6.62. The van der Waals surface area contributed by atoms with Crippen LogP contribution in [0, 0.1) is 11.6 Å². The minimum atomic E-state index is -0.461. The van der Waals surface area contributed by atoms with Crippen LogP contribution < -0.4 is 10.6 Å². The van der Waals surface area contributed by atoms with E-state index >= 15 is 0 Å². The standard InChI is InChI=1S/C16H24F2N2/c1-3-13(19)8-12-9-14(17)16(15(18)10-12)20-7-5-4-6-11(20)2/h9-11,13H,3-8,19H2,1-2H3. The molecule has 0 aliphatic carbocycles. The van der Waals surface area contributed by atoms with Crippen LogP contribution in [0.4, 0.5) is 14.5 Å². The molecule has 0 aromatic heterocycles. The second kappa shape index (κ2) is 6.53. The molecule has 0 spiro atoms. The summed E-state index contributed by atoms with van der Waals surface area (Å²) < 4.78 is 28.6. The molecule has 1 fully saturated rings. The topological polar surface area (TPSA) is 29.3 Å². The lowest BCUT2D eigenvalue weighted by Gasteiger charge is -2.35. The zero-order chi connectivity index (χ0) is 14.7.